The molecule has 3 aromatic rings. The minimum Gasteiger partial charge on any atom is -0.497 e. The number of carboxylic acids is 1. The molecule has 0 aromatic heterocycles. The second-order valence-electron chi connectivity index (χ2n) is 8.45. The van der Waals surface area contributed by atoms with Gasteiger partial charge >= 0.3 is 5.97 Å². The average Bonchev–Trinajstić information content (AvgIpc) is 2.90. The SMILES string of the molecule is COc1ccc(C(=O)N2CCc3c(cccc3C(CC(=O)O)c3ccc(OC)c(OC)c3)C2)cc1. The highest BCUT2D eigenvalue weighted by Crippen LogP contribution is 2.38. The Labute approximate surface area is 204 Å². The number of aliphatic carboxylic acids is 1. The minimum atomic E-state index is -0.880. The molecule has 7 heteroatoms. The number of carbonyl (C=O) groups excluding carboxylic acids is 1. The number of carbonyl (C=O) groups is 2. The molecular weight excluding hydrogens is 446 g/mol. The van der Waals surface area contributed by atoms with E-state index < -0.39 is 5.97 Å². The summed E-state index contributed by atoms with van der Waals surface area (Å²) in [5.74, 6) is 0.579. The number of carboxylic acid groups (broad SMARTS) is 1. The molecule has 1 heterocycles. The van der Waals surface area contributed by atoms with Crippen LogP contribution in [0.3, 0.4) is 0 Å². The van der Waals surface area contributed by atoms with Crippen LogP contribution in [0, 0.1) is 0 Å². The third kappa shape index (κ3) is 5.09. The maximum absolute atomic E-state index is 13.1. The van der Waals surface area contributed by atoms with Crippen molar-refractivity contribution >= 4 is 11.9 Å². The fourth-order valence-electron chi connectivity index (χ4n) is 4.71. The van der Waals surface area contributed by atoms with Gasteiger partial charge in [0.2, 0.25) is 0 Å². The first-order valence-electron chi connectivity index (χ1n) is 11.4. The Bertz CT molecular complexity index is 1220. The monoisotopic (exact) mass is 475 g/mol. The van der Waals surface area contributed by atoms with Crippen LogP contribution in [0.2, 0.25) is 0 Å². The predicted molar refractivity (Wildman–Crippen MR) is 132 cm³/mol. The van der Waals surface area contributed by atoms with E-state index in [9.17, 15) is 14.7 Å². The third-order valence-electron chi connectivity index (χ3n) is 6.49. The maximum atomic E-state index is 13.1. The van der Waals surface area contributed by atoms with Crippen LogP contribution in [0.4, 0.5) is 0 Å². The van der Waals surface area contributed by atoms with Crippen LogP contribution in [-0.4, -0.2) is 49.8 Å². The highest BCUT2D eigenvalue weighted by molar-refractivity contribution is 5.94. The van der Waals surface area contributed by atoms with Gasteiger partial charge in [0.15, 0.2) is 11.5 Å². The fourth-order valence-corrected chi connectivity index (χ4v) is 4.71. The van der Waals surface area contributed by atoms with Crippen molar-refractivity contribution in [3.05, 3.63) is 88.5 Å². The Morgan fingerprint density at radius 3 is 2.34 bits per heavy atom. The molecule has 4 rings (SSSR count). The summed E-state index contributed by atoms with van der Waals surface area (Å²) in [7, 11) is 4.72. The molecule has 0 spiro atoms. The van der Waals surface area contributed by atoms with E-state index in [1.807, 2.05) is 35.2 Å². The van der Waals surface area contributed by atoms with E-state index in [0.717, 1.165) is 22.3 Å². The lowest BCUT2D eigenvalue weighted by atomic mass is 9.82. The van der Waals surface area contributed by atoms with Gasteiger partial charge in [0.05, 0.1) is 27.8 Å². The van der Waals surface area contributed by atoms with Gasteiger partial charge in [0, 0.05) is 24.6 Å². The number of amides is 1. The number of hydrogen-bond acceptors (Lipinski definition) is 5. The fraction of sp³-hybridized carbons (Fsp3) is 0.286. The van der Waals surface area contributed by atoms with Crippen molar-refractivity contribution in [2.45, 2.75) is 25.3 Å². The van der Waals surface area contributed by atoms with E-state index in [1.165, 1.54) is 0 Å². The zero-order valence-electron chi connectivity index (χ0n) is 20.1. The summed E-state index contributed by atoms with van der Waals surface area (Å²) in [6, 6.07) is 18.6. The van der Waals surface area contributed by atoms with Crippen molar-refractivity contribution in [1.29, 1.82) is 0 Å². The summed E-state index contributed by atoms with van der Waals surface area (Å²) in [6.07, 6.45) is 0.594. The van der Waals surface area contributed by atoms with Crippen LogP contribution in [0.15, 0.2) is 60.7 Å². The van der Waals surface area contributed by atoms with Crippen molar-refractivity contribution in [2.75, 3.05) is 27.9 Å². The summed E-state index contributed by atoms with van der Waals surface area (Å²) in [5.41, 5.74) is 4.56. The maximum Gasteiger partial charge on any atom is 0.304 e. The Hall–Kier alpha value is -4.00. The number of fused-ring (bicyclic) bond motifs is 1. The normalized spacial score (nSPS) is 13.5. The molecule has 0 radical (unpaired) electrons. The highest BCUT2D eigenvalue weighted by atomic mass is 16.5. The molecule has 182 valence electrons. The van der Waals surface area contributed by atoms with Gasteiger partial charge < -0.3 is 24.2 Å². The molecule has 0 saturated heterocycles. The largest absolute Gasteiger partial charge is 0.497 e. The number of rotatable bonds is 8. The van der Waals surface area contributed by atoms with E-state index in [1.54, 1.807) is 51.7 Å². The molecule has 1 aliphatic heterocycles. The number of methoxy groups -OCH3 is 3. The average molecular weight is 476 g/mol. The Kier molecular flexibility index (Phi) is 7.25. The molecule has 0 fully saturated rings. The number of hydrogen-bond donors (Lipinski definition) is 1. The van der Waals surface area contributed by atoms with Crippen LogP contribution >= 0.6 is 0 Å². The molecule has 1 atom stereocenters. The molecule has 1 aliphatic rings. The summed E-state index contributed by atoms with van der Waals surface area (Å²) < 4.78 is 16.0. The molecule has 1 amide bonds. The van der Waals surface area contributed by atoms with Gasteiger partial charge in [0.1, 0.15) is 5.75 Å². The van der Waals surface area contributed by atoms with Crippen LogP contribution in [0.5, 0.6) is 17.2 Å². The topological polar surface area (TPSA) is 85.3 Å². The number of nitrogens with zero attached hydrogens (tertiary/aromatic N) is 1. The predicted octanol–water partition coefficient (Wildman–Crippen LogP) is 4.52. The zero-order valence-corrected chi connectivity index (χ0v) is 20.1. The second-order valence-corrected chi connectivity index (χ2v) is 8.45. The van der Waals surface area contributed by atoms with E-state index in [2.05, 4.69) is 0 Å². The van der Waals surface area contributed by atoms with Crippen molar-refractivity contribution in [3.63, 3.8) is 0 Å². The van der Waals surface area contributed by atoms with E-state index in [4.69, 9.17) is 14.2 Å². The van der Waals surface area contributed by atoms with Crippen LogP contribution in [0.25, 0.3) is 0 Å². The Morgan fingerprint density at radius 1 is 0.943 bits per heavy atom. The zero-order chi connectivity index (χ0) is 24.9. The first kappa shape index (κ1) is 24.1. The van der Waals surface area contributed by atoms with E-state index in [-0.39, 0.29) is 18.2 Å². The summed E-state index contributed by atoms with van der Waals surface area (Å²) in [4.78, 5) is 26.8. The first-order valence-corrected chi connectivity index (χ1v) is 11.4. The molecule has 1 unspecified atom stereocenters. The van der Waals surface area contributed by atoms with Crippen molar-refractivity contribution in [2.24, 2.45) is 0 Å². The third-order valence-corrected chi connectivity index (χ3v) is 6.49. The first-order chi connectivity index (χ1) is 16.9. The van der Waals surface area contributed by atoms with Gasteiger partial charge in [-0.05, 0) is 65.1 Å². The molecular formula is C28H29NO6. The molecule has 3 aromatic carbocycles. The van der Waals surface area contributed by atoms with Crippen molar-refractivity contribution in [1.82, 2.24) is 4.90 Å². The van der Waals surface area contributed by atoms with Gasteiger partial charge in [-0.15, -0.1) is 0 Å². The highest BCUT2D eigenvalue weighted by Gasteiger charge is 2.28. The molecule has 35 heavy (non-hydrogen) atoms. The van der Waals surface area contributed by atoms with Gasteiger partial charge in [0.25, 0.3) is 5.91 Å². The lowest BCUT2D eigenvalue weighted by Crippen LogP contribution is -2.36. The smallest absolute Gasteiger partial charge is 0.304 e. The lowest BCUT2D eigenvalue weighted by Gasteiger charge is -2.32. The standard InChI is InChI=1S/C28H29NO6/c1-33-21-10-7-18(8-11-21)28(32)29-14-13-22-20(17-29)5-4-6-23(22)24(16-27(30)31)19-9-12-25(34-2)26(15-19)35-3/h4-12,15,24H,13-14,16-17H2,1-3H3,(H,30,31). The lowest BCUT2D eigenvalue weighted by molar-refractivity contribution is -0.137. The van der Waals surface area contributed by atoms with Gasteiger partial charge in [-0.1, -0.05) is 24.3 Å². The van der Waals surface area contributed by atoms with Crippen LogP contribution in [0.1, 0.15) is 45.0 Å². The van der Waals surface area contributed by atoms with Crippen LogP contribution < -0.4 is 14.2 Å². The molecule has 0 saturated carbocycles. The number of benzene rings is 3. The second kappa shape index (κ2) is 10.5. The molecule has 0 aliphatic carbocycles. The van der Waals surface area contributed by atoms with Gasteiger partial charge in [-0.2, -0.15) is 0 Å². The van der Waals surface area contributed by atoms with Crippen LogP contribution in [-0.2, 0) is 17.8 Å². The van der Waals surface area contributed by atoms with E-state index >= 15 is 0 Å². The molecule has 0 bridgehead atoms. The summed E-state index contributed by atoms with van der Waals surface area (Å²) in [5, 5.41) is 9.70. The number of ether oxygens (including phenoxy) is 3. The molecule has 7 nitrogen and oxygen atoms in total. The van der Waals surface area contributed by atoms with E-state index in [0.29, 0.717) is 42.3 Å². The Morgan fingerprint density at radius 2 is 1.69 bits per heavy atom. The Balaban J connectivity index is 1.65. The van der Waals surface area contributed by atoms with Gasteiger partial charge in [-0.25, -0.2) is 0 Å². The minimum absolute atomic E-state index is 0.0364. The summed E-state index contributed by atoms with van der Waals surface area (Å²) in [6.45, 7) is 1.03. The van der Waals surface area contributed by atoms with Crippen molar-refractivity contribution in [3.8, 4) is 17.2 Å². The summed E-state index contributed by atoms with van der Waals surface area (Å²) >= 11 is 0. The van der Waals surface area contributed by atoms with Gasteiger partial charge in [-0.3, -0.25) is 9.59 Å². The van der Waals surface area contributed by atoms with Crippen molar-refractivity contribution < 1.29 is 28.9 Å². The quantitative estimate of drug-likeness (QED) is 0.516. The molecule has 1 N–H and O–H groups in total.